The van der Waals surface area contributed by atoms with Crippen molar-refractivity contribution in [3.05, 3.63) is 143 Å². The Morgan fingerprint density at radius 3 is 2.53 bits per heavy atom. The summed E-state index contributed by atoms with van der Waals surface area (Å²) in [5, 5.41) is 2.99. The normalized spacial score (nSPS) is 14.9. The number of allylic oxidation sites excluding steroid dienone is 1. The first-order valence-corrected chi connectivity index (χ1v) is 15.2. The minimum absolute atomic E-state index is 0.215. The van der Waals surface area contributed by atoms with Gasteiger partial charge < -0.3 is 9.47 Å². The van der Waals surface area contributed by atoms with Gasteiger partial charge in [0.05, 0.1) is 29.0 Å². The summed E-state index contributed by atoms with van der Waals surface area (Å²) in [6.07, 6.45) is 2.36. The van der Waals surface area contributed by atoms with Crippen LogP contribution >= 0.6 is 34.5 Å². The van der Waals surface area contributed by atoms with Gasteiger partial charge in [0, 0.05) is 21.2 Å². The number of benzene rings is 4. The van der Waals surface area contributed by atoms with E-state index in [0.717, 1.165) is 27.5 Å². The van der Waals surface area contributed by atoms with Crippen molar-refractivity contribution in [2.24, 2.45) is 4.99 Å². The standard InChI is InChI=1S/C34H26Cl2N2O4S/c1-3-27-30(33(40)41-2)31(21-10-5-4-6-11-21)38-32(39)29(43-34(38)37-27)18-25-24-12-8-7-9-20(24)14-16-28(25)42-19-22-13-15-23(35)17-26(22)36/h4-18,31H,3,19H2,1-2H3/b29-18+/t31-/m0/s1. The van der Waals surface area contributed by atoms with E-state index >= 15 is 0 Å². The Labute approximate surface area is 261 Å². The van der Waals surface area contributed by atoms with Gasteiger partial charge in [0.2, 0.25) is 0 Å². The van der Waals surface area contributed by atoms with Crippen LogP contribution < -0.4 is 19.6 Å². The molecule has 0 N–H and O–H groups in total. The van der Waals surface area contributed by atoms with Crippen molar-refractivity contribution in [2.75, 3.05) is 7.11 Å². The fourth-order valence-corrected chi connectivity index (χ4v) is 6.76. The molecule has 0 unspecified atom stereocenters. The smallest absolute Gasteiger partial charge is 0.338 e. The summed E-state index contributed by atoms with van der Waals surface area (Å²) >= 11 is 13.8. The number of carbonyl (C=O) groups excluding carboxylic acids is 1. The average Bonchev–Trinajstić information content (AvgIpc) is 3.34. The molecule has 43 heavy (non-hydrogen) atoms. The van der Waals surface area contributed by atoms with Gasteiger partial charge in [-0.25, -0.2) is 9.79 Å². The maximum Gasteiger partial charge on any atom is 0.338 e. The molecule has 5 aromatic rings. The summed E-state index contributed by atoms with van der Waals surface area (Å²) in [7, 11) is 1.34. The maximum atomic E-state index is 14.2. The van der Waals surface area contributed by atoms with E-state index < -0.39 is 12.0 Å². The van der Waals surface area contributed by atoms with Gasteiger partial charge in [-0.3, -0.25) is 9.36 Å². The zero-order valence-corrected chi connectivity index (χ0v) is 25.7. The molecule has 1 aliphatic rings. The van der Waals surface area contributed by atoms with Gasteiger partial charge in [-0.05, 0) is 47.0 Å². The second kappa shape index (κ2) is 12.2. The van der Waals surface area contributed by atoms with Crippen LogP contribution in [0.15, 0.2) is 106 Å². The molecule has 0 saturated heterocycles. The zero-order valence-electron chi connectivity index (χ0n) is 23.3. The molecule has 0 amide bonds. The summed E-state index contributed by atoms with van der Waals surface area (Å²) < 4.78 is 13.5. The van der Waals surface area contributed by atoms with Crippen LogP contribution in [0.25, 0.3) is 16.8 Å². The second-order valence-electron chi connectivity index (χ2n) is 9.92. The van der Waals surface area contributed by atoms with E-state index in [4.69, 9.17) is 37.7 Å². The molecule has 0 saturated carbocycles. The number of esters is 1. The number of halogens is 2. The van der Waals surface area contributed by atoms with Crippen molar-refractivity contribution in [1.82, 2.24) is 4.57 Å². The second-order valence-corrected chi connectivity index (χ2v) is 11.8. The van der Waals surface area contributed by atoms with Crippen LogP contribution in [0.1, 0.15) is 36.1 Å². The summed E-state index contributed by atoms with van der Waals surface area (Å²) in [4.78, 5) is 32.6. The molecule has 0 aliphatic carbocycles. The fraction of sp³-hybridized carbons (Fsp3) is 0.147. The van der Waals surface area contributed by atoms with Crippen LogP contribution in [0, 0.1) is 0 Å². The predicted molar refractivity (Wildman–Crippen MR) is 172 cm³/mol. The molecule has 0 bridgehead atoms. The van der Waals surface area contributed by atoms with Crippen LogP contribution in [0.2, 0.25) is 10.0 Å². The first-order valence-electron chi connectivity index (χ1n) is 13.7. The highest BCUT2D eigenvalue weighted by molar-refractivity contribution is 7.07. The molecule has 1 atom stereocenters. The van der Waals surface area contributed by atoms with E-state index in [0.29, 0.717) is 42.8 Å². The lowest BCUT2D eigenvalue weighted by molar-refractivity contribution is -0.136. The molecule has 9 heteroatoms. The van der Waals surface area contributed by atoms with Crippen molar-refractivity contribution < 1.29 is 14.3 Å². The summed E-state index contributed by atoms with van der Waals surface area (Å²) in [6.45, 7) is 2.15. The number of carbonyl (C=O) groups is 1. The first kappa shape index (κ1) is 28.9. The van der Waals surface area contributed by atoms with E-state index in [2.05, 4.69) is 0 Å². The maximum absolute atomic E-state index is 14.2. The number of ether oxygens (including phenoxy) is 2. The van der Waals surface area contributed by atoms with E-state index in [-0.39, 0.29) is 12.2 Å². The number of fused-ring (bicyclic) bond motifs is 2. The predicted octanol–water partition coefficient (Wildman–Crippen LogP) is 6.84. The highest BCUT2D eigenvalue weighted by atomic mass is 35.5. The van der Waals surface area contributed by atoms with Gasteiger partial charge >= 0.3 is 5.97 Å². The number of nitrogens with zero attached hydrogens (tertiary/aromatic N) is 2. The van der Waals surface area contributed by atoms with Gasteiger partial charge in [-0.2, -0.15) is 0 Å². The van der Waals surface area contributed by atoms with Crippen LogP contribution in [0.5, 0.6) is 5.75 Å². The van der Waals surface area contributed by atoms with Crippen molar-refractivity contribution in [3.8, 4) is 5.75 Å². The molecule has 2 heterocycles. The average molecular weight is 630 g/mol. The highest BCUT2D eigenvalue weighted by Gasteiger charge is 2.33. The number of hydrogen-bond donors (Lipinski definition) is 0. The first-order chi connectivity index (χ1) is 20.9. The fourth-order valence-electron chi connectivity index (χ4n) is 5.29. The molecule has 6 rings (SSSR count). The van der Waals surface area contributed by atoms with Gasteiger partial charge in [0.15, 0.2) is 4.80 Å². The zero-order chi connectivity index (χ0) is 30.1. The molecule has 0 spiro atoms. The van der Waals surface area contributed by atoms with Crippen molar-refractivity contribution >= 4 is 57.4 Å². The quantitative estimate of drug-likeness (QED) is 0.185. The van der Waals surface area contributed by atoms with Crippen LogP contribution in [-0.2, 0) is 16.1 Å². The molecule has 4 aromatic carbocycles. The Morgan fingerprint density at radius 2 is 1.79 bits per heavy atom. The summed E-state index contributed by atoms with van der Waals surface area (Å²) in [6, 6.07) is 25.9. The van der Waals surface area contributed by atoms with Crippen LogP contribution in [-0.4, -0.2) is 17.6 Å². The minimum Gasteiger partial charge on any atom is -0.488 e. The van der Waals surface area contributed by atoms with Crippen molar-refractivity contribution in [3.63, 3.8) is 0 Å². The molecule has 6 nitrogen and oxygen atoms in total. The Kier molecular flexibility index (Phi) is 8.21. The third-order valence-electron chi connectivity index (χ3n) is 7.37. The van der Waals surface area contributed by atoms with E-state index in [9.17, 15) is 9.59 Å². The van der Waals surface area contributed by atoms with Crippen LogP contribution in [0.3, 0.4) is 0 Å². The SMILES string of the molecule is CCC1=C(C(=O)OC)[C@H](c2ccccc2)n2c(s/c(=C/c3c(OCc4ccc(Cl)cc4Cl)ccc4ccccc34)c2=O)=N1. The third kappa shape index (κ3) is 5.52. The number of aromatic nitrogens is 1. The molecule has 0 radical (unpaired) electrons. The molecule has 1 aromatic heterocycles. The lowest BCUT2D eigenvalue weighted by atomic mass is 9.95. The van der Waals surface area contributed by atoms with E-state index in [1.807, 2.05) is 85.8 Å². The lowest BCUT2D eigenvalue weighted by Gasteiger charge is -2.25. The molecular formula is C34H26Cl2N2O4S. The topological polar surface area (TPSA) is 69.9 Å². The van der Waals surface area contributed by atoms with E-state index in [1.165, 1.54) is 18.4 Å². The van der Waals surface area contributed by atoms with Gasteiger partial charge in [0.25, 0.3) is 5.56 Å². The Hall–Kier alpha value is -4.17. The van der Waals surface area contributed by atoms with Crippen molar-refractivity contribution in [2.45, 2.75) is 26.0 Å². The van der Waals surface area contributed by atoms with E-state index in [1.54, 1.807) is 16.7 Å². The molecule has 216 valence electrons. The van der Waals surface area contributed by atoms with Crippen molar-refractivity contribution in [1.29, 1.82) is 0 Å². The monoisotopic (exact) mass is 628 g/mol. The largest absolute Gasteiger partial charge is 0.488 e. The Bertz CT molecular complexity index is 2080. The number of hydrogen-bond acceptors (Lipinski definition) is 6. The minimum atomic E-state index is -0.669. The van der Waals surface area contributed by atoms with Gasteiger partial charge in [-0.15, -0.1) is 0 Å². The number of thiazole rings is 1. The number of rotatable bonds is 7. The molecule has 1 aliphatic heterocycles. The Morgan fingerprint density at radius 1 is 1.02 bits per heavy atom. The summed E-state index contributed by atoms with van der Waals surface area (Å²) in [5.74, 6) is 0.0917. The Balaban J connectivity index is 1.54. The highest BCUT2D eigenvalue weighted by Crippen LogP contribution is 2.33. The molecule has 0 fully saturated rings. The number of methoxy groups -OCH3 is 1. The third-order valence-corrected chi connectivity index (χ3v) is 8.94. The van der Waals surface area contributed by atoms with Gasteiger partial charge in [-0.1, -0.05) is 108 Å². The lowest BCUT2D eigenvalue weighted by Crippen LogP contribution is -2.40. The summed E-state index contributed by atoms with van der Waals surface area (Å²) in [5.41, 5.74) is 3.05. The van der Waals surface area contributed by atoms with Crippen LogP contribution in [0.4, 0.5) is 0 Å². The van der Waals surface area contributed by atoms with Gasteiger partial charge in [0.1, 0.15) is 12.4 Å². The molecular weight excluding hydrogens is 603 g/mol.